The van der Waals surface area contributed by atoms with E-state index in [9.17, 15) is 18.0 Å². The van der Waals surface area contributed by atoms with Crippen molar-refractivity contribution in [2.24, 2.45) is 0 Å². The molecule has 1 aliphatic rings. The topological polar surface area (TPSA) is 96.4 Å². The first kappa shape index (κ1) is 19.0. The Morgan fingerprint density at radius 1 is 1.19 bits per heavy atom. The first-order valence-corrected chi connectivity index (χ1v) is 10.4. The number of aryl methyl sites for hydroxylation is 1. The largest absolute Gasteiger partial charge is 0.338 e. The summed E-state index contributed by atoms with van der Waals surface area (Å²) in [5, 5.41) is 2.78. The molecule has 0 radical (unpaired) electrons. The van der Waals surface area contributed by atoms with Gasteiger partial charge in [0.25, 0.3) is 11.8 Å². The van der Waals surface area contributed by atoms with Crippen LogP contribution in [-0.2, 0) is 9.84 Å². The van der Waals surface area contributed by atoms with E-state index in [1.165, 1.54) is 23.4 Å². The highest BCUT2D eigenvalue weighted by atomic mass is 32.2. The highest BCUT2D eigenvalue weighted by Gasteiger charge is 2.33. The van der Waals surface area contributed by atoms with Crippen molar-refractivity contribution in [1.29, 1.82) is 0 Å². The summed E-state index contributed by atoms with van der Waals surface area (Å²) in [6, 6.07) is 8.51. The summed E-state index contributed by atoms with van der Waals surface area (Å²) in [6.07, 6.45) is 3.19. The van der Waals surface area contributed by atoms with E-state index >= 15 is 0 Å². The molecule has 1 atom stereocenters. The number of nitrogens with one attached hydrogen (secondary N) is 1. The van der Waals surface area contributed by atoms with Crippen LogP contribution in [0.3, 0.4) is 0 Å². The molecule has 0 bridgehead atoms. The maximum Gasteiger partial charge on any atom is 0.257 e. The van der Waals surface area contributed by atoms with Gasteiger partial charge in [-0.3, -0.25) is 14.6 Å². The zero-order valence-corrected chi connectivity index (χ0v) is 16.0. The van der Waals surface area contributed by atoms with Crippen LogP contribution < -0.4 is 5.32 Å². The number of carbonyl (C=O) groups excluding carboxylic acids is 2. The molecule has 0 aliphatic carbocycles. The molecule has 3 rings (SSSR count). The Labute approximate surface area is 158 Å². The number of aromatic nitrogens is 1. The third-order valence-electron chi connectivity index (χ3n) is 4.60. The van der Waals surface area contributed by atoms with Crippen molar-refractivity contribution in [3.63, 3.8) is 0 Å². The van der Waals surface area contributed by atoms with Gasteiger partial charge in [0, 0.05) is 31.2 Å². The third-order valence-corrected chi connectivity index (χ3v) is 6.35. The van der Waals surface area contributed by atoms with Crippen LogP contribution >= 0.6 is 0 Å². The van der Waals surface area contributed by atoms with Gasteiger partial charge in [0.2, 0.25) is 0 Å². The van der Waals surface area contributed by atoms with E-state index in [1.54, 1.807) is 13.1 Å². The molecule has 1 saturated heterocycles. The maximum atomic E-state index is 12.7. The average Bonchev–Trinajstić information content (AvgIpc) is 3.00. The fourth-order valence-electron chi connectivity index (χ4n) is 3.06. The van der Waals surface area contributed by atoms with Gasteiger partial charge in [0.15, 0.2) is 9.84 Å². The van der Waals surface area contributed by atoms with Crippen LogP contribution in [0.15, 0.2) is 42.7 Å². The molecule has 142 valence electrons. The van der Waals surface area contributed by atoms with Crippen molar-refractivity contribution in [3.8, 4) is 0 Å². The Morgan fingerprint density at radius 2 is 1.93 bits per heavy atom. The summed E-state index contributed by atoms with van der Waals surface area (Å²) in [6.45, 7) is 1.93. The maximum absolute atomic E-state index is 12.7. The van der Waals surface area contributed by atoms with Crippen molar-refractivity contribution in [1.82, 2.24) is 9.88 Å². The van der Waals surface area contributed by atoms with Gasteiger partial charge in [-0.15, -0.1) is 0 Å². The summed E-state index contributed by atoms with van der Waals surface area (Å²) in [7, 11) is -1.51. The SMILES string of the molecule is Cc1cccc(NC(=O)c2cncc(C(=O)N(C)C3CCS(=O)(=O)C3)c2)c1. The fourth-order valence-corrected chi connectivity index (χ4v) is 4.83. The number of anilines is 1. The van der Waals surface area contributed by atoms with E-state index < -0.39 is 9.84 Å². The number of nitrogens with zero attached hydrogens (tertiary/aromatic N) is 2. The van der Waals surface area contributed by atoms with Crippen LogP contribution in [0, 0.1) is 6.92 Å². The summed E-state index contributed by atoms with van der Waals surface area (Å²) >= 11 is 0. The molecule has 2 heterocycles. The molecule has 1 aliphatic heterocycles. The third kappa shape index (κ3) is 4.51. The minimum Gasteiger partial charge on any atom is -0.338 e. The zero-order valence-electron chi connectivity index (χ0n) is 15.2. The van der Waals surface area contributed by atoms with Crippen molar-refractivity contribution < 1.29 is 18.0 Å². The molecule has 0 spiro atoms. The minimum absolute atomic E-state index is 0.0315. The van der Waals surface area contributed by atoms with Crippen LogP contribution in [0.1, 0.15) is 32.7 Å². The number of sulfone groups is 1. The number of hydrogen-bond donors (Lipinski definition) is 1. The molecule has 8 heteroatoms. The van der Waals surface area contributed by atoms with Crippen molar-refractivity contribution in [2.75, 3.05) is 23.9 Å². The number of hydrogen-bond acceptors (Lipinski definition) is 5. The molecular formula is C19H21N3O4S. The van der Waals surface area contributed by atoms with E-state index in [0.29, 0.717) is 12.1 Å². The Kier molecular flexibility index (Phi) is 5.27. The molecule has 1 aromatic carbocycles. The second kappa shape index (κ2) is 7.48. The Hall–Kier alpha value is -2.74. The number of amides is 2. The number of carbonyl (C=O) groups is 2. The summed E-state index contributed by atoms with van der Waals surface area (Å²) in [4.78, 5) is 30.6. The lowest BCUT2D eigenvalue weighted by molar-refractivity contribution is 0.0747. The van der Waals surface area contributed by atoms with E-state index in [4.69, 9.17) is 0 Å². The quantitative estimate of drug-likeness (QED) is 0.864. The standard InChI is InChI=1S/C19H21N3O4S/c1-13-4-3-5-16(8-13)21-18(23)14-9-15(11-20-10-14)19(24)22(2)17-6-7-27(25,26)12-17/h3-5,8-11,17H,6-7,12H2,1-2H3,(H,21,23). The van der Waals surface area contributed by atoms with Gasteiger partial charge in [0.05, 0.1) is 22.6 Å². The normalized spacial score (nSPS) is 18.1. The van der Waals surface area contributed by atoms with Gasteiger partial charge in [-0.1, -0.05) is 12.1 Å². The van der Waals surface area contributed by atoms with Gasteiger partial charge in [-0.05, 0) is 37.1 Å². The van der Waals surface area contributed by atoms with Gasteiger partial charge in [0.1, 0.15) is 0 Å². The van der Waals surface area contributed by atoms with E-state index in [0.717, 1.165) is 5.56 Å². The Balaban J connectivity index is 1.74. The van der Waals surface area contributed by atoms with Gasteiger partial charge in [-0.25, -0.2) is 8.42 Å². The number of rotatable bonds is 4. The lowest BCUT2D eigenvalue weighted by Crippen LogP contribution is -2.38. The second-order valence-corrected chi connectivity index (χ2v) is 8.99. The molecule has 27 heavy (non-hydrogen) atoms. The second-order valence-electron chi connectivity index (χ2n) is 6.76. The Bertz CT molecular complexity index is 988. The highest BCUT2D eigenvalue weighted by Crippen LogP contribution is 2.19. The summed E-state index contributed by atoms with van der Waals surface area (Å²) < 4.78 is 23.3. The predicted molar refractivity (Wildman–Crippen MR) is 103 cm³/mol. The Morgan fingerprint density at radius 3 is 2.59 bits per heavy atom. The zero-order chi connectivity index (χ0) is 19.6. The van der Waals surface area contributed by atoms with Crippen molar-refractivity contribution in [2.45, 2.75) is 19.4 Å². The smallest absolute Gasteiger partial charge is 0.257 e. The molecule has 1 unspecified atom stereocenters. The van der Waals surface area contributed by atoms with Crippen LogP contribution in [0.25, 0.3) is 0 Å². The predicted octanol–water partition coefficient (Wildman–Crippen LogP) is 1.90. The number of benzene rings is 1. The molecule has 1 aromatic heterocycles. The molecule has 0 saturated carbocycles. The van der Waals surface area contributed by atoms with E-state index in [-0.39, 0.29) is 40.5 Å². The van der Waals surface area contributed by atoms with Gasteiger partial charge in [-0.2, -0.15) is 0 Å². The molecule has 7 nitrogen and oxygen atoms in total. The van der Waals surface area contributed by atoms with Gasteiger partial charge < -0.3 is 10.2 Å². The molecule has 2 aromatic rings. The van der Waals surface area contributed by atoms with Crippen molar-refractivity contribution in [3.05, 3.63) is 59.4 Å². The lowest BCUT2D eigenvalue weighted by Gasteiger charge is -2.23. The molecule has 2 amide bonds. The van der Waals surface area contributed by atoms with Crippen LogP contribution in [-0.4, -0.2) is 54.7 Å². The van der Waals surface area contributed by atoms with Crippen molar-refractivity contribution >= 4 is 27.3 Å². The molecular weight excluding hydrogens is 366 g/mol. The van der Waals surface area contributed by atoms with Gasteiger partial charge >= 0.3 is 0 Å². The molecule has 1 fully saturated rings. The highest BCUT2D eigenvalue weighted by molar-refractivity contribution is 7.91. The van der Waals surface area contributed by atoms with Crippen LogP contribution in [0.5, 0.6) is 0 Å². The number of pyridine rings is 1. The summed E-state index contributed by atoms with van der Waals surface area (Å²) in [5.74, 6) is -0.661. The average molecular weight is 387 g/mol. The van der Waals surface area contributed by atoms with Crippen LogP contribution in [0.2, 0.25) is 0 Å². The van der Waals surface area contributed by atoms with Crippen LogP contribution in [0.4, 0.5) is 5.69 Å². The van der Waals surface area contributed by atoms with E-state index in [2.05, 4.69) is 10.3 Å². The van der Waals surface area contributed by atoms with E-state index in [1.807, 2.05) is 25.1 Å². The molecule has 1 N–H and O–H groups in total. The first-order valence-electron chi connectivity index (χ1n) is 8.56. The summed E-state index contributed by atoms with van der Waals surface area (Å²) in [5.41, 5.74) is 2.18. The minimum atomic E-state index is -3.09. The monoisotopic (exact) mass is 387 g/mol. The first-order chi connectivity index (χ1) is 12.7. The lowest BCUT2D eigenvalue weighted by atomic mass is 10.1. The fraction of sp³-hybridized carbons (Fsp3) is 0.316.